The van der Waals surface area contributed by atoms with Gasteiger partial charge in [-0.2, -0.15) is 0 Å². The molecule has 3 aromatic rings. The van der Waals surface area contributed by atoms with Gasteiger partial charge in [0.15, 0.2) is 0 Å². The minimum Gasteiger partial charge on any atom is -0.497 e. The number of halogens is 1. The number of urea groups is 1. The standard InChI is InChI=1S/C24H25ClN6O4/c1-34-19-7-5-14(6-8-19)23-30-29-21(35-23)11-18-12-26-22(32)20-10-17(13-31(18)20)28-24(33)27-16-4-2-3-15(25)9-16/h2-9,17-18,20H,10-13H2,1H3,(H,26,32)(H2,27,28,33)/t17-,18+,20-/m0/s1. The number of rotatable bonds is 6. The van der Waals surface area contributed by atoms with E-state index in [4.69, 9.17) is 20.8 Å². The second kappa shape index (κ2) is 9.93. The van der Waals surface area contributed by atoms with Crippen molar-refractivity contribution in [3.63, 3.8) is 0 Å². The number of ether oxygens (including phenoxy) is 1. The van der Waals surface area contributed by atoms with Crippen molar-refractivity contribution in [1.29, 1.82) is 0 Å². The number of anilines is 1. The number of carbonyl (C=O) groups is 2. The highest BCUT2D eigenvalue weighted by Crippen LogP contribution is 2.27. The summed E-state index contributed by atoms with van der Waals surface area (Å²) >= 11 is 5.98. The van der Waals surface area contributed by atoms with Gasteiger partial charge in [-0.05, 0) is 48.9 Å². The summed E-state index contributed by atoms with van der Waals surface area (Å²) in [5.74, 6) is 1.63. The molecule has 0 bridgehead atoms. The number of hydrogen-bond acceptors (Lipinski definition) is 7. The van der Waals surface area contributed by atoms with E-state index in [9.17, 15) is 9.59 Å². The van der Waals surface area contributed by atoms with Crippen molar-refractivity contribution in [3.05, 3.63) is 59.4 Å². The molecule has 2 aliphatic rings. The monoisotopic (exact) mass is 496 g/mol. The van der Waals surface area contributed by atoms with Crippen LogP contribution in [0.25, 0.3) is 11.5 Å². The van der Waals surface area contributed by atoms with Crippen LogP contribution in [0.4, 0.5) is 10.5 Å². The van der Waals surface area contributed by atoms with Gasteiger partial charge in [-0.3, -0.25) is 9.69 Å². The number of amides is 3. The predicted molar refractivity (Wildman–Crippen MR) is 129 cm³/mol. The Kier molecular flexibility index (Phi) is 6.56. The molecule has 1 aromatic heterocycles. The molecule has 2 aliphatic heterocycles. The van der Waals surface area contributed by atoms with Crippen LogP contribution in [0.5, 0.6) is 5.75 Å². The number of fused-ring (bicyclic) bond motifs is 1. The lowest BCUT2D eigenvalue weighted by atomic mass is 10.1. The fourth-order valence-electron chi connectivity index (χ4n) is 4.58. The highest BCUT2D eigenvalue weighted by Gasteiger charge is 2.44. The summed E-state index contributed by atoms with van der Waals surface area (Å²) in [5.41, 5.74) is 1.40. The number of nitrogens with one attached hydrogen (secondary N) is 3. The highest BCUT2D eigenvalue weighted by atomic mass is 35.5. The van der Waals surface area contributed by atoms with Crippen molar-refractivity contribution in [1.82, 2.24) is 25.7 Å². The van der Waals surface area contributed by atoms with Crippen LogP contribution in [0, 0.1) is 0 Å². The third kappa shape index (κ3) is 5.23. The lowest BCUT2D eigenvalue weighted by Gasteiger charge is -2.36. The van der Waals surface area contributed by atoms with Crippen LogP contribution in [0.1, 0.15) is 12.3 Å². The van der Waals surface area contributed by atoms with E-state index in [1.165, 1.54) is 0 Å². The van der Waals surface area contributed by atoms with Crippen LogP contribution in [-0.4, -0.2) is 65.4 Å². The normalized spacial score (nSPS) is 21.8. The maximum absolute atomic E-state index is 12.5. The Hall–Kier alpha value is -3.63. The molecule has 0 saturated carbocycles. The van der Waals surface area contributed by atoms with Gasteiger partial charge >= 0.3 is 6.03 Å². The molecule has 2 aromatic carbocycles. The largest absolute Gasteiger partial charge is 0.497 e. The van der Waals surface area contributed by atoms with E-state index in [1.807, 2.05) is 24.3 Å². The van der Waals surface area contributed by atoms with E-state index in [0.717, 1.165) is 11.3 Å². The Morgan fingerprint density at radius 2 is 2.09 bits per heavy atom. The number of benzene rings is 2. The molecule has 0 radical (unpaired) electrons. The Balaban J connectivity index is 1.22. The molecule has 3 amide bonds. The second-order valence-corrected chi connectivity index (χ2v) is 9.02. The van der Waals surface area contributed by atoms with E-state index in [1.54, 1.807) is 31.4 Å². The van der Waals surface area contributed by atoms with Crippen LogP contribution in [-0.2, 0) is 11.2 Å². The van der Waals surface area contributed by atoms with Crippen molar-refractivity contribution in [3.8, 4) is 17.2 Å². The first kappa shape index (κ1) is 23.1. The van der Waals surface area contributed by atoms with Gasteiger partial charge in [-0.1, -0.05) is 17.7 Å². The van der Waals surface area contributed by atoms with E-state index < -0.39 is 0 Å². The number of hydrogen-bond donors (Lipinski definition) is 3. The molecule has 5 rings (SSSR count). The summed E-state index contributed by atoms with van der Waals surface area (Å²) in [7, 11) is 1.61. The van der Waals surface area contributed by atoms with Crippen LogP contribution in [0.2, 0.25) is 5.02 Å². The van der Waals surface area contributed by atoms with E-state index >= 15 is 0 Å². The average Bonchev–Trinajstić information content (AvgIpc) is 3.49. The molecule has 2 fully saturated rings. The first-order valence-corrected chi connectivity index (χ1v) is 11.7. The number of piperazine rings is 1. The molecular weight excluding hydrogens is 472 g/mol. The summed E-state index contributed by atoms with van der Waals surface area (Å²) in [4.78, 5) is 27.1. The van der Waals surface area contributed by atoms with E-state index in [0.29, 0.717) is 48.4 Å². The van der Waals surface area contributed by atoms with Crippen molar-refractivity contribution < 1.29 is 18.7 Å². The van der Waals surface area contributed by atoms with Gasteiger partial charge in [0.25, 0.3) is 0 Å². The van der Waals surface area contributed by atoms with E-state index in [-0.39, 0.29) is 30.1 Å². The summed E-state index contributed by atoms with van der Waals surface area (Å²) in [5, 5.41) is 17.6. The van der Waals surface area contributed by atoms with Gasteiger partial charge in [-0.15, -0.1) is 10.2 Å². The van der Waals surface area contributed by atoms with Gasteiger partial charge in [0, 0.05) is 47.9 Å². The Morgan fingerprint density at radius 3 is 2.86 bits per heavy atom. The Morgan fingerprint density at radius 1 is 1.26 bits per heavy atom. The molecule has 3 atom stereocenters. The fourth-order valence-corrected chi connectivity index (χ4v) is 4.77. The van der Waals surface area contributed by atoms with E-state index in [2.05, 4.69) is 31.0 Å². The minimum absolute atomic E-state index is 0.0235. The third-order valence-electron chi connectivity index (χ3n) is 6.25. The quantitative estimate of drug-likeness (QED) is 0.479. The zero-order valence-corrected chi connectivity index (χ0v) is 19.8. The number of carbonyl (C=O) groups excluding carboxylic acids is 2. The predicted octanol–water partition coefficient (Wildman–Crippen LogP) is 2.70. The average molecular weight is 497 g/mol. The molecule has 11 heteroatoms. The zero-order valence-electron chi connectivity index (χ0n) is 19.0. The molecular formula is C24H25ClN6O4. The van der Waals surface area contributed by atoms with Crippen molar-refractivity contribution in [2.45, 2.75) is 31.0 Å². The van der Waals surface area contributed by atoms with Gasteiger partial charge < -0.3 is 25.1 Å². The Bertz CT molecular complexity index is 1220. The van der Waals surface area contributed by atoms with Crippen molar-refractivity contribution in [2.75, 3.05) is 25.5 Å². The second-order valence-electron chi connectivity index (χ2n) is 8.59. The molecule has 182 valence electrons. The number of methoxy groups -OCH3 is 1. The number of aromatic nitrogens is 2. The number of nitrogens with zero attached hydrogens (tertiary/aromatic N) is 3. The molecule has 0 aliphatic carbocycles. The minimum atomic E-state index is -0.338. The summed E-state index contributed by atoms with van der Waals surface area (Å²) in [6.07, 6.45) is 1.01. The molecule has 3 N–H and O–H groups in total. The smallest absolute Gasteiger partial charge is 0.319 e. The molecule has 3 heterocycles. The summed E-state index contributed by atoms with van der Waals surface area (Å²) < 4.78 is 11.1. The van der Waals surface area contributed by atoms with Crippen LogP contribution in [0.3, 0.4) is 0 Å². The van der Waals surface area contributed by atoms with Gasteiger partial charge in [0.2, 0.25) is 17.7 Å². The lowest BCUT2D eigenvalue weighted by Crippen LogP contribution is -2.58. The first-order chi connectivity index (χ1) is 17.0. The summed E-state index contributed by atoms with van der Waals surface area (Å²) in [6, 6.07) is 13.5. The molecule has 2 saturated heterocycles. The molecule has 0 spiro atoms. The maximum Gasteiger partial charge on any atom is 0.319 e. The van der Waals surface area contributed by atoms with Crippen molar-refractivity contribution in [2.24, 2.45) is 0 Å². The van der Waals surface area contributed by atoms with Crippen LogP contribution < -0.4 is 20.7 Å². The SMILES string of the molecule is COc1ccc(-c2nnc(C[C@@H]3CNC(=O)[C@@H]4C[C@H](NC(=O)Nc5cccc(Cl)c5)CN34)o2)cc1. The maximum atomic E-state index is 12.5. The summed E-state index contributed by atoms with van der Waals surface area (Å²) in [6.45, 7) is 1.02. The molecule has 0 unspecified atom stereocenters. The highest BCUT2D eigenvalue weighted by molar-refractivity contribution is 6.30. The topological polar surface area (TPSA) is 122 Å². The fraction of sp³-hybridized carbons (Fsp3) is 0.333. The molecule has 10 nitrogen and oxygen atoms in total. The third-order valence-corrected chi connectivity index (χ3v) is 6.49. The van der Waals surface area contributed by atoms with Gasteiger partial charge in [-0.25, -0.2) is 4.79 Å². The molecule has 35 heavy (non-hydrogen) atoms. The van der Waals surface area contributed by atoms with Crippen LogP contribution in [0.15, 0.2) is 52.9 Å². The zero-order chi connectivity index (χ0) is 24.4. The Labute approximate surface area is 207 Å². The first-order valence-electron chi connectivity index (χ1n) is 11.3. The van der Waals surface area contributed by atoms with Crippen LogP contribution >= 0.6 is 11.6 Å². The van der Waals surface area contributed by atoms with Crippen molar-refractivity contribution >= 4 is 29.2 Å². The lowest BCUT2D eigenvalue weighted by molar-refractivity contribution is -0.129. The van der Waals surface area contributed by atoms with Gasteiger partial charge in [0.1, 0.15) is 5.75 Å². The van der Waals surface area contributed by atoms with Gasteiger partial charge in [0.05, 0.1) is 13.2 Å².